The number of anilines is 2. The van der Waals surface area contributed by atoms with E-state index in [1.165, 1.54) is 0 Å². The lowest BCUT2D eigenvalue weighted by atomic mass is 10.2. The Morgan fingerprint density at radius 1 is 1.32 bits per heavy atom. The van der Waals surface area contributed by atoms with Gasteiger partial charge in [-0.2, -0.15) is 10.1 Å². The van der Waals surface area contributed by atoms with Gasteiger partial charge in [0.1, 0.15) is 5.69 Å². The largest absolute Gasteiger partial charge is 0.462 e. The van der Waals surface area contributed by atoms with Gasteiger partial charge < -0.3 is 10.1 Å². The van der Waals surface area contributed by atoms with Crippen molar-refractivity contribution in [1.29, 1.82) is 0 Å². The Morgan fingerprint density at radius 2 is 2.05 bits per heavy atom. The number of esters is 1. The molecular formula is C15H18N4O3. The van der Waals surface area contributed by atoms with E-state index >= 15 is 0 Å². The molecule has 1 aromatic heterocycles. The molecule has 0 aliphatic rings. The molecule has 22 heavy (non-hydrogen) atoms. The maximum absolute atomic E-state index is 11.8. The molecule has 0 saturated heterocycles. The van der Waals surface area contributed by atoms with Crippen LogP contribution in [0.5, 0.6) is 0 Å². The van der Waals surface area contributed by atoms with Crippen molar-refractivity contribution in [3.05, 3.63) is 46.0 Å². The van der Waals surface area contributed by atoms with E-state index in [9.17, 15) is 9.59 Å². The smallest absolute Gasteiger partial charge is 0.363 e. The summed E-state index contributed by atoms with van der Waals surface area (Å²) in [7, 11) is 0. The highest BCUT2D eigenvalue weighted by atomic mass is 16.5. The van der Waals surface area contributed by atoms with Gasteiger partial charge >= 0.3 is 11.7 Å². The molecule has 116 valence electrons. The number of H-pyrrole nitrogens is 1. The number of aryl methyl sites for hydroxylation is 1. The minimum atomic E-state index is -0.524. The first-order chi connectivity index (χ1) is 10.6. The average molecular weight is 302 g/mol. The second-order valence-electron chi connectivity index (χ2n) is 4.77. The van der Waals surface area contributed by atoms with Gasteiger partial charge in [0.25, 0.3) is 0 Å². The molecule has 0 aliphatic carbocycles. The molecule has 0 radical (unpaired) electrons. The number of unbranched alkanes of at least 4 members (excludes halogenated alkanes) is 1. The summed E-state index contributed by atoms with van der Waals surface area (Å²) in [5.74, 6) is 0.0363. The maximum atomic E-state index is 11.8. The third kappa shape index (κ3) is 4.15. The number of nitrogens with zero attached hydrogens (tertiary/aromatic N) is 2. The summed E-state index contributed by atoms with van der Waals surface area (Å²) in [4.78, 5) is 26.7. The van der Waals surface area contributed by atoms with Crippen molar-refractivity contribution in [2.24, 2.45) is 0 Å². The van der Waals surface area contributed by atoms with Crippen LogP contribution >= 0.6 is 0 Å². The molecule has 1 heterocycles. The van der Waals surface area contributed by atoms with Gasteiger partial charge in [0, 0.05) is 5.69 Å². The van der Waals surface area contributed by atoms with Crippen LogP contribution in [0.2, 0.25) is 0 Å². The van der Waals surface area contributed by atoms with Gasteiger partial charge in [-0.05, 0) is 37.6 Å². The minimum absolute atomic E-state index is 0.341. The number of carbonyl (C=O) groups is 1. The van der Waals surface area contributed by atoms with E-state index in [0.29, 0.717) is 29.4 Å². The first kappa shape index (κ1) is 15.7. The van der Waals surface area contributed by atoms with Crippen molar-refractivity contribution in [3.63, 3.8) is 0 Å². The molecule has 0 spiro atoms. The molecule has 0 fully saturated rings. The van der Waals surface area contributed by atoms with Crippen molar-refractivity contribution >= 4 is 17.5 Å². The van der Waals surface area contributed by atoms with E-state index in [-0.39, 0.29) is 5.97 Å². The molecule has 0 bridgehead atoms. The molecule has 0 unspecified atom stereocenters. The van der Waals surface area contributed by atoms with Crippen LogP contribution < -0.4 is 11.0 Å². The number of hydrogen-bond acceptors (Lipinski definition) is 6. The number of rotatable bonds is 6. The van der Waals surface area contributed by atoms with E-state index in [1.54, 1.807) is 31.2 Å². The topological polar surface area (TPSA) is 97.0 Å². The van der Waals surface area contributed by atoms with Crippen LogP contribution in [0.3, 0.4) is 0 Å². The lowest BCUT2D eigenvalue weighted by molar-refractivity contribution is 0.0500. The van der Waals surface area contributed by atoms with Gasteiger partial charge in [-0.15, -0.1) is 0 Å². The Kier molecular flexibility index (Phi) is 5.24. The molecule has 7 nitrogen and oxygen atoms in total. The van der Waals surface area contributed by atoms with Gasteiger partial charge in [0.15, 0.2) is 5.82 Å². The summed E-state index contributed by atoms with van der Waals surface area (Å²) in [5.41, 5.74) is 1.23. The molecule has 7 heteroatoms. The number of carbonyl (C=O) groups excluding carboxylic acids is 1. The standard InChI is InChI=1S/C15H18N4O3/c1-3-4-9-22-14(20)11-5-7-12(8-6-11)16-13-10(2)18-19-15(21)17-13/h5-8H,3-4,9H2,1-2H3,(H2,16,17,19,21). The lowest BCUT2D eigenvalue weighted by Crippen LogP contribution is -2.15. The molecular weight excluding hydrogens is 284 g/mol. The summed E-state index contributed by atoms with van der Waals surface area (Å²) in [6.07, 6.45) is 1.83. The molecule has 0 aliphatic heterocycles. The Balaban J connectivity index is 2.04. The Labute approximate surface area is 127 Å². The van der Waals surface area contributed by atoms with E-state index in [2.05, 4.69) is 20.5 Å². The van der Waals surface area contributed by atoms with Crippen molar-refractivity contribution in [1.82, 2.24) is 15.2 Å². The van der Waals surface area contributed by atoms with Crippen LogP contribution in [-0.4, -0.2) is 27.8 Å². The van der Waals surface area contributed by atoms with Crippen LogP contribution in [0.4, 0.5) is 11.5 Å². The molecule has 2 N–H and O–H groups in total. The molecule has 0 atom stereocenters. The predicted molar refractivity (Wildman–Crippen MR) is 82.3 cm³/mol. The number of aromatic nitrogens is 3. The fourth-order valence-corrected chi connectivity index (χ4v) is 1.73. The second kappa shape index (κ2) is 7.35. The number of nitrogens with one attached hydrogen (secondary N) is 2. The molecule has 0 saturated carbocycles. The number of benzene rings is 1. The number of aromatic amines is 1. The number of hydrogen-bond donors (Lipinski definition) is 2. The highest BCUT2D eigenvalue weighted by Crippen LogP contribution is 2.16. The molecule has 1 aromatic carbocycles. The SMILES string of the molecule is CCCCOC(=O)c1ccc(Nc2nc(=O)[nH]nc2C)cc1. The Bertz CT molecular complexity index is 695. The van der Waals surface area contributed by atoms with E-state index in [0.717, 1.165) is 12.8 Å². The summed E-state index contributed by atoms with van der Waals surface area (Å²) in [5, 5.41) is 9.07. The van der Waals surface area contributed by atoms with Crippen LogP contribution in [0.25, 0.3) is 0 Å². The van der Waals surface area contributed by atoms with Crippen molar-refractivity contribution in [2.45, 2.75) is 26.7 Å². The van der Waals surface area contributed by atoms with Crippen molar-refractivity contribution < 1.29 is 9.53 Å². The quantitative estimate of drug-likeness (QED) is 0.627. The van der Waals surface area contributed by atoms with Gasteiger partial charge in [-0.25, -0.2) is 14.7 Å². The zero-order valence-corrected chi connectivity index (χ0v) is 12.5. The highest BCUT2D eigenvalue weighted by molar-refractivity contribution is 5.89. The lowest BCUT2D eigenvalue weighted by Gasteiger charge is -2.08. The van der Waals surface area contributed by atoms with Gasteiger partial charge in [-0.1, -0.05) is 13.3 Å². The van der Waals surface area contributed by atoms with Crippen LogP contribution in [-0.2, 0) is 4.74 Å². The summed E-state index contributed by atoms with van der Waals surface area (Å²) < 4.78 is 5.13. The normalized spacial score (nSPS) is 10.3. The van der Waals surface area contributed by atoms with Crippen molar-refractivity contribution in [2.75, 3.05) is 11.9 Å². The van der Waals surface area contributed by atoms with Crippen LogP contribution in [0, 0.1) is 6.92 Å². The maximum Gasteiger partial charge on any atom is 0.363 e. The number of ether oxygens (including phenoxy) is 1. The second-order valence-corrected chi connectivity index (χ2v) is 4.77. The Hall–Kier alpha value is -2.70. The third-order valence-electron chi connectivity index (χ3n) is 2.99. The van der Waals surface area contributed by atoms with Gasteiger partial charge in [0.2, 0.25) is 0 Å². The highest BCUT2D eigenvalue weighted by Gasteiger charge is 2.08. The third-order valence-corrected chi connectivity index (χ3v) is 2.99. The van der Waals surface area contributed by atoms with E-state index in [4.69, 9.17) is 4.74 Å². The molecule has 2 aromatic rings. The Morgan fingerprint density at radius 3 is 2.73 bits per heavy atom. The van der Waals surface area contributed by atoms with Crippen molar-refractivity contribution in [3.8, 4) is 0 Å². The van der Waals surface area contributed by atoms with Crippen LogP contribution in [0.1, 0.15) is 35.8 Å². The predicted octanol–water partition coefficient (Wildman–Crippen LogP) is 2.17. The van der Waals surface area contributed by atoms with Gasteiger partial charge in [-0.3, -0.25) is 0 Å². The monoisotopic (exact) mass is 302 g/mol. The first-order valence-electron chi connectivity index (χ1n) is 7.07. The zero-order chi connectivity index (χ0) is 15.9. The fourth-order valence-electron chi connectivity index (χ4n) is 1.73. The summed E-state index contributed by atoms with van der Waals surface area (Å²) in [6.45, 7) is 4.19. The van der Waals surface area contributed by atoms with E-state index < -0.39 is 5.69 Å². The summed E-state index contributed by atoms with van der Waals surface area (Å²) in [6, 6.07) is 6.76. The van der Waals surface area contributed by atoms with Gasteiger partial charge in [0.05, 0.1) is 12.2 Å². The fraction of sp³-hybridized carbons (Fsp3) is 0.333. The van der Waals surface area contributed by atoms with E-state index in [1.807, 2.05) is 6.92 Å². The first-order valence-corrected chi connectivity index (χ1v) is 7.07. The average Bonchev–Trinajstić information content (AvgIpc) is 2.52. The minimum Gasteiger partial charge on any atom is -0.462 e. The zero-order valence-electron chi connectivity index (χ0n) is 12.5. The summed E-state index contributed by atoms with van der Waals surface area (Å²) >= 11 is 0. The molecule has 2 rings (SSSR count). The molecule has 0 amide bonds. The van der Waals surface area contributed by atoms with Crippen LogP contribution in [0.15, 0.2) is 29.1 Å².